The second kappa shape index (κ2) is 9.30. The Morgan fingerprint density at radius 2 is 1.69 bits per heavy atom. The van der Waals surface area contributed by atoms with Crippen molar-refractivity contribution in [2.45, 2.75) is 20.0 Å². The molecule has 0 radical (unpaired) electrons. The van der Waals surface area contributed by atoms with E-state index in [1.54, 1.807) is 12.1 Å². The van der Waals surface area contributed by atoms with Crippen LogP contribution in [-0.2, 0) is 22.6 Å². The van der Waals surface area contributed by atoms with E-state index in [1.165, 1.54) is 6.07 Å². The minimum Gasteiger partial charge on any atom is -0.458 e. The van der Waals surface area contributed by atoms with Gasteiger partial charge in [-0.2, -0.15) is 0 Å². The molecule has 0 aromatic heterocycles. The van der Waals surface area contributed by atoms with Gasteiger partial charge in [0.05, 0.1) is 0 Å². The Labute approximate surface area is 170 Å². The van der Waals surface area contributed by atoms with Crippen LogP contribution in [-0.4, -0.2) is 17.7 Å². The number of ether oxygens (including phenoxy) is 1. The lowest BCUT2D eigenvalue weighted by atomic mass is 9.95. The van der Waals surface area contributed by atoms with Gasteiger partial charge in [-0.05, 0) is 53.3 Å². The minimum atomic E-state index is -0.529. The Morgan fingerprint density at radius 1 is 1.00 bits per heavy atom. The van der Waals surface area contributed by atoms with Crippen LogP contribution in [0.25, 0.3) is 22.3 Å². The van der Waals surface area contributed by atoms with Crippen molar-refractivity contribution in [2.75, 3.05) is 6.61 Å². The first kappa shape index (κ1) is 20.5. The molecule has 0 bridgehead atoms. The summed E-state index contributed by atoms with van der Waals surface area (Å²) >= 11 is 0. The summed E-state index contributed by atoms with van der Waals surface area (Å²) in [4.78, 5) is 11.4. The molecule has 3 nitrogen and oxygen atoms in total. The molecule has 0 fully saturated rings. The molecule has 1 N–H and O–H groups in total. The van der Waals surface area contributed by atoms with Crippen molar-refractivity contribution >= 4 is 5.97 Å². The van der Waals surface area contributed by atoms with E-state index >= 15 is 0 Å². The van der Waals surface area contributed by atoms with Gasteiger partial charge in [0.2, 0.25) is 0 Å². The summed E-state index contributed by atoms with van der Waals surface area (Å²) in [7, 11) is 0. The van der Waals surface area contributed by atoms with Crippen molar-refractivity contribution in [1.82, 2.24) is 0 Å². The van der Waals surface area contributed by atoms with Crippen LogP contribution in [0, 0.1) is 12.7 Å². The van der Waals surface area contributed by atoms with Gasteiger partial charge in [-0.15, -0.1) is 0 Å². The molecule has 3 rings (SSSR count). The Morgan fingerprint density at radius 3 is 2.34 bits per heavy atom. The van der Waals surface area contributed by atoms with Crippen molar-refractivity contribution < 1.29 is 19.0 Å². The van der Waals surface area contributed by atoms with Gasteiger partial charge in [-0.3, -0.25) is 0 Å². The molecule has 0 atom stereocenters. The zero-order valence-electron chi connectivity index (χ0n) is 16.3. The van der Waals surface area contributed by atoms with Crippen LogP contribution in [0.3, 0.4) is 0 Å². The Balaban J connectivity index is 1.93. The highest BCUT2D eigenvalue weighted by Crippen LogP contribution is 2.30. The van der Waals surface area contributed by atoms with Crippen molar-refractivity contribution in [3.05, 3.63) is 95.8 Å². The second-order valence-corrected chi connectivity index (χ2v) is 6.83. The first-order chi connectivity index (χ1) is 14.0. The summed E-state index contributed by atoms with van der Waals surface area (Å²) in [5.74, 6) is -0.856. The maximum atomic E-state index is 14.9. The monoisotopic (exact) mass is 390 g/mol. The van der Waals surface area contributed by atoms with E-state index < -0.39 is 5.97 Å². The van der Waals surface area contributed by atoms with Crippen LogP contribution < -0.4 is 0 Å². The maximum absolute atomic E-state index is 14.9. The largest absolute Gasteiger partial charge is 0.458 e. The summed E-state index contributed by atoms with van der Waals surface area (Å²) in [5.41, 5.74) is 5.65. The Bertz CT molecular complexity index is 1020. The van der Waals surface area contributed by atoms with E-state index in [4.69, 9.17) is 4.74 Å². The van der Waals surface area contributed by atoms with Crippen LogP contribution >= 0.6 is 0 Å². The molecule has 3 aromatic carbocycles. The summed E-state index contributed by atoms with van der Waals surface area (Å²) in [5, 5.41) is 9.27. The lowest BCUT2D eigenvalue weighted by molar-refractivity contribution is -0.138. The quantitative estimate of drug-likeness (QED) is 0.444. The van der Waals surface area contributed by atoms with Crippen LogP contribution in [0.1, 0.15) is 16.7 Å². The smallest absolute Gasteiger partial charge is 0.330 e. The number of esters is 1. The van der Waals surface area contributed by atoms with Gasteiger partial charge in [0.15, 0.2) is 0 Å². The lowest BCUT2D eigenvalue weighted by Gasteiger charge is -2.13. The minimum absolute atomic E-state index is 0.0264. The van der Waals surface area contributed by atoms with Crippen molar-refractivity contribution in [2.24, 2.45) is 0 Å². The van der Waals surface area contributed by atoms with E-state index in [0.29, 0.717) is 17.5 Å². The van der Waals surface area contributed by atoms with Gasteiger partial charge < -0.3 is 9.84 Å². The average molecular weight is 390 g/mol. The van der Waals surface area contributed by atoms with Gasteiger partial charge in [0.25, 0.3) is 0 Å². The highest BCUT2D eigenvalue weighted by Gasteiger charge is 2.11. The number of aliphatic hydroxyl groups excluding tert-OH is 1. The zero-order chi connectivity index (χ0) is 20.8. The molecular weight excluding hydrogens is 367 g/mol. The predicted molar refractivity (Wildman–Crippen MR) is 113 cm³/mol. The standard InChI is InChI=1S/C25H23FO3/c1-3-25(28)29-16-22-14-21(9-8-19(22)12-13-27)23-11-10-20(15-24(23)26)18-6-4-17(2)5-7-18/h3-11,14-15,27H,1,12-13,16H2,2H3. The number of aryl methyl sites for hydroxylation is 1. The second-order valence-electron chi connectivity index (χ2n) is 6.83. The predicted octanol–water partition coefficient (Wildman–Crippen LogP) is 5.23. The highest BCUT2D eigenvalue weighted by molar-refractivity contribution is 5.81. The molecule has 0 heterocycles. The third-order valence-corrected chi connectivity index (χ3v) is 4.79. The highest BCUT2D eigenvalue weighted by atomic mass is 19.1. The third kappa shape index (κ3) is 4.98. The molecule has 0 aliphatic carbocycles. The van der Waals surface area contributed by atoms with Gasteiger partial charge in [0.1, 0.15) is 12.4 Å². The topological polar surface area (TPSA) is 46.5 Å². The van der Waals surface area contributed by atoms with Crippen molar-refractivity contribution in [3.8, 4) is 22.3 Å². The summed E-state index contributed by atoms with van der Waals surface area (Å²) in [6.07, 6.45) is 1.52. The Hall–Kier alpha value is -3.24. The van der Waals surface area contributed by atoms with Crippen LogP contribution in [0.15, 0.2) is 73.3 Å². The van der Waals surface area contributed by atoms with E-state index in [9.17, 15) is 14.3 Å². The number of rotatable bonds is 7. The van der Waals surface area contributed by atoms with E-state index in [0.717, 1.165) is 33.9 Å². The van der Waals surface area contributed by atoms with Crippen molar-refractivity contribution in [1.29, 1.82) is 0 Å². The normalized spacial score (nSPS) is 10.6. The summed E-state index contributed by atoms with van der Waals surface area (Å²) in [6.45, 7) is 5.41. The number of carbonyl (C=O) groups is 1. The van der Waals surface area contributed by atoms with Gasteiger partial charge in [-0.25, -0.2) is 9.18 Å². The average Bonchev–Trinajstić information content (AvgIpc) is 2.73. The number of carbonyl (C=O) groups excluding carboxylic acids is 1. The number of benzene rings is 3. The molecular formula is C25H23FO3. The number of halogens is 1. The molecule has 3 aromatic rings. The van der Waals surface area contributed by atoms with Gasteiger partial charge in [0, 0.05) is 18.2 Å². The molecule has 29 heavy (non-hydrogen) atoms. The van der Waals surface area contributed by atoms with Crippen LogP contribution in [0.2, 0.25) is 0 Å². The van der Waals surface area contributed by atoms with E-state index in [1.807, 2.05) is 49.4 Å². The molecule has 4 heteroatoms. The fourth-order valence-electron chi connectivity index (χ4n) is 3.17. The number of hydrogen-bond donors (Lipinski definition) is 1. The molecule has 0 saturated carbocycles. The number of hydrogen-bond acceptors (Lipinski definition) is 3. The molecule has 0 aliphatic heterocycles. The summed E-state index contributed by atoms with van der Waals surface area (Å²) in [6, 6.07) is 18.6. The molecule has 0 spiro atoms. The molecule has 0 amide bonds. The van der Waals surface area contributed by atoms with Crippen LogP contribution in [0.5, 0.6) is 0 Å². The first-order valence-electron chi connectivity index (χ1n) is 9.40. The SMILES string of the molecule is C=CC(=O)OCc1cc(-c2ccc(-c3ccc(C)cc3)cc2F)ccc1CCO. The zero-order valence-corrected chi connectivity index (χ0v) is 16.3. The summed E-state index contributed by atoms with van der Waals surface area (Å²) < 4.78 is 20.1. The fourth-order valence-corrected chi connectivity index (χ4v) is 3.17. The number of aliphatic hydroxyl groups is 1. The van der Waals surface area contributed by atoms with Crippen LogP contribution in [0.4, 0.5) is 4.39 Å². The van der Waals surface area contributed by atoms with Gasteiger partial charge >= 0.3 is 5.97 Å². The third-order valence-electron chi connectivity index (χ3n) is 4.79. The molecule has 0 saturated heterocycles. The first-order valence-corrected chi connectivity index (χ1v) is 9.40. The van der Waals surface area contributed by atoms with E-state index in [-0.39, 0.29) is 19.0 Å². The maximum Gasteiger partial charge on any atom is 0.330 e. The fraction of sp³-hybridized carbons (Fsp3) is 0.160. The molecule has 148 valence electrons. The van der Waals surface area contributed by atoms with Gasteiger partial charge in [-0.1, -0.05) is 60.7 Å². The van der Waals surface area contributed by atoms with E-state index in [2.05, 4.69) is 6.58 Å². The molecule has 0 aliphatic rings. The lowest BCUT2D eigenvalue weighted by Crippen LogP contribution is -2.04. The Kier molecular flexibility index (Phi) is 6.57. The molecule has 0 unspecified atom stereocenters. The van der Waals surface area contributed by atoms with Crippen molar-refractivity contribution in [3.63, 3.8) is 0 Å².